The molecule has 0 aromatic rings. The van der Waals surface area contributed by atoms with E-state index in [2.05, 4.69) is 26.0 Å². The highest BCUT2D eigenvalue weighted by Gasteiger charge is 2.53. The lowest BCUT2D eigenvalue weighted by Crippen LogP contribution is -2.54. The summed E-state index contributed by atoms with van der Waals surface area (Å²) in [6.07, 6.45) is 8.88. The molecule has 0 aliphatic heterocycles. The predicted octanol–water partition coefficient (Wildman–Crippen LogP) is 5.44. The number of ether oxygens (including phenoxy) is 3. The van der Waals surface area contributed by atoms with E-state index >= 15 is 0 Å². The highest BCUT2D eigenvalue weighted by molar-refractivity contribution is 5.67. The van der Waals surface area contributed by atoms with Gasteiger partial charge >= 0.3 is 17.9 Å². The average molecular weight is 449 g/mol. The number of fused-ring (bicyclic) bond motifs is 9. The predicted molar refractivity (Wildman–Crippen MR) is 123 cm³/mol. The van der Waals surface area contributed by atoms with Gasteiger partial charge in [-0.15, -0.1) is 0 Å². The van der Waals surface area contributed by atoms with E-state index in [1.54, 1.807) is 0 Å². The third-order valence-electron chi connectivity index (χ3n) is 7.14. The molecule has 0 aromatic heterocycles. The van der Waals surface area contributed by atoms with Crippen molar-refractivity contribution in [1.29, 1.82) is 0 Å². The molecule has 6 nitrogen and oxygen atoms in total. The number of rotatable bonds is 3. The lowest BCUT2D eigenvalue weighted by molar-refractivity contribution is -0.195. The minimum Gasteiger partial charge on any atom is -0.462 e. The van der Waals surface area contributed by atoms with Gasteiger partial charge in [0.2, 0.25) is 0 Å². The fourth-order valence-corrected chi connectivity index (χ4v) is 5.46. The van der Waals surface area contributed by atoms with E-state index in [9.17, 15) is 14.4 Å². The highest BCUT2D eigenvalue weighted by Crippen LogP contribution is 2.52. The van der Waals surface area contributed by atoms with E-state index in [1.807, 2.05) is 13.8 Å². The second-order valence-electron chi connectivity index (χ2n) is 10.2. The van der Waals surface area contributed by atoms with Crippen LogP contribution in [0, 0.1) is 11.3 Å². The fraction of sp³-hybridized carbons (Fsp3) is 0.731. The molecular weight excluding hydrogens is 408 g/mol. The van der Waals surface area contributed by atoms with Gasteiger partial charge in [0.1, 0.15) is 17.8 Å². The second-order valence-corrected chi connectivity index (χ2v) is 10.2. The van der Waals surface area contributed by atoms with Crippen LogP contribution in [0.15, 0.2) is 23.3 Å². The molecule has 32 heavy (non-hydrogen) atoms. The summed E-state index contributed by atoms with van der Waals surface area (Å²) in [5.74, 6) is -0.765. The number of hydrogen-bond donors (Lipinski definition) is 0. The highest BCUT2D eigenvalue weighted by atomic mass is 16.6. The van der Waals surface area contributed by atoms with Gasteiger partial charge in [-0.3, -0.25) is 14.4 Å². The first kappa shape index (κ1) is 26.1. The van der Waals surface area contributed by atoms with Gasteiger partial charge in [0.15, 0.2) is 0 Å². The van der Waals surface area contributed by atoms with Crippen LogP contribution in [0.1, 0.15) is 93.4 Å². The van der Waals surface area contributed by atoms with Gasteiger partial charge < -0.3 is 14.2 Å². The Morgan fingerprint density at radius 3 is 2.22 bits per heavy atom. The number of allylic oxidation sites excluding steroid dienone is 2. The molecule has 3 aliphatic rings. The summed E-state index contributed by atoms with van der Waals surface area (Å²) in [7, 11) is 0. The zero-order chi connectivity index (χ0) is 24.1. The van der Waals surface area contributed by atoms with E-state index in [0.717, 1.165) is 31.3 Å². The van der Waals surface area contributed by atoms with Gasteiger partial charge in [-0.1, -0.05) is 24.6 Å². The molecule has 0 saturated heterocycles. The molecule has 0 spiro atoms. The van der Waals surface area contributed by atoms with Crippen LogP contribution >= 0.6 is 0 Å². The molecule has 2 bridgehead atoms. The Balaban J connectivity index is 2.45. The third-order valence-corrected chi connectivity index (χ3v) is 7.14. The van der Waals surface area contributed by atoms with Gasteiger partial charge in [0.05, 0.1) is 0 Å². The normalized spacial score (nSPS) is 37.2. The van der Waals surface area contributed by atoms with Gasteiger partial charge in [0.25, 0.3) is 0 Å². The van der Waals surface area contributed by atoms with Crippen molar-refractivity contribution in [2.75, 3.05) is 0 Å². The molecule has 5 atom stereocenters. The van der Waals surface area contributed by atoms with Crippen molar-refractivity contribution in [1.82, 2.24) is 0 Å². The first-order chi connectivity index (χ1) is 14.8. The summed E-state index contributed by atoms with van der Waals surface area (Å²) in [5, 5.41) is 0. The molecule has 0 amide bonds. The van der Waals surface area contributed by atoms with Gasteiger partial charge in [-0.25, -0.2) is 0 Å². The van der Waals surface area contributed by atoms with E-state index in [-0.39, 0.29) is 41.4 Å². The zero-order valence-corrected chi connectivity index (χ0v) is 20.8. The Kier molecular flexibility index (Phi) is 8.72. The average Bonchev–Trinajstić information content (AvgIpc) is 2.64. The fourth-order valence-electron chi connectivity index (χ4n) is 5.46. The molecule has 0 radical (unpaired) electrons. The van der Waals surface area contributed by atoms with Crippen molar-refractivity contribution in [2.45, 2.75) is 111 Å². The maximum atomic E-state index is 12.0. The Hall–Kier alpha value is -2.11. The number of carbonyl (C=O) groups excluding carboxylic acids is 3. The van der Waals surface area contributed by atoms with Crippen LogP contribution in [-0.4, -0.2) is 35.7 Å². The van der Waals surface area contributed by atoms with E-state index in [0.29, 0.717) is 19.3 Å². The van der Waals surface area contributed by atoms with Crippen molar-refractivity contribution >= 4 is 17.9 Å². The molecular formula is C26H40O6. The maximum Gasteiger partial charge on any atom is 0.303 e. The van der Waals surface area contributed by atoms with Crippen molar-refractivity contribution in [2.24, 2.45) is 11.3 Å². The van der Waals surface area contributed by atoms with Gasteiger partial charge in [-0.05, 0) is 64.9 Å². The monoisotopic (exact) mass is 448 g/mol. The Bertz CT molecular complexity index is 781. The molecule has 180 valence electrons. The molecule has 1 fully saturated rings. The summed E-state index contributed by atoms with van der Waals surface area (Å²) >= 11 is 0. The van der Waals surface area contributed by atoms with Crippen molar-refractivity contribution in [3.63, 3.8) is 0 Å². The third kappa shape index (κ3) is 6.94. The number of hydrogen-bond acceptors (Lipinski definition) is 6. The van der Waals surface area contributed by atoms with Crippen LogP contribution in [0.25, 0.3) is 0 Å². The van der Waals surface area contributed by atoms with E-state index in [1.165, 1.54) is 26.3 Å². The van der Waals surface area contributed by atoms with Crippen LogP contribution in [-0.2, 0) is 28.6 Å². The maximum absolute atomic E-state index is 12.0. The van der Waals surface area contributed by atoms with Crippen LogP contribution in [0.4, 0.5) is 0 Å². The molecule has 0 heterocycles. The molecule has 3 aliphatic carbocycles. The summed E-state index contributed by atoms with van der Waals surface area (Å²) in [6, 6.07) is 0. The standard InChI is InChI=1S/C26H40O6/c1-17-10-12-22-15-24(31-20(4)28)25(6,16-26(22,7)32-21(5)29)14-8-9-18(2)23(13-11-17)30-19(3)27/h9,11,22-24H,8,10,12-16H2,1-7H3/b17-11+,18-9+/t22-,23+,24+,25+,26+/m1/s1. The van der Waals surface area contributed by atoms with Gasteiger partial charge in [-0.2, -0.15) is 0 Å². The number of esters is 3. The van der Waals surface area contributed by atoms with Crippen molar-refractivity contribution in [3.8, 4) is 0 Å². The minimum atomic E-state index is -0.610. The molecule has 6 heteroatoms. The SMILES string of the molecule is CC(=O)O[C@H]1C/C=C(\C)CC[C@@H]2C[C@H](OC(C)=O)[C@@](C)(CC/C=C/1C)C[C@]2(C)OC(C)=O. The molecule has 0 unspecified atom stereocenters. The first-order valence-electron chi connectivity index (χ1n) is 11.7. The summed E-state index contributed by atoms with van der Waals surface area (Å²) in [6.45, 7) is 12.6. The first-order valence-corrected chi connectivity index (χ1v) is 11.7. The van der Waals surface area contributed by atoms with Crippen LogP contribution in [0.3, 0.4) is 0 Å². The Labute approximate surface area is 192 Å². The summed E-state index contributed by atoms with van der Waals surface area (Å²) in [5.41, 5.74) is 1.27. The van der Waals surface area contributed by atoms with Crippen LogP contribution < -0.4 is 0 Å². The Morgan fingerprint density at radius 1 is 0.969 bits per heavy atom. The molecule has 3 rings (SSSR count). The van der Waals surface area contributed by atoms with Crippen molar-refractivity contribution in [3.05, 3.63) is 23.3 Å². The number of carbonyl (C=O) groups is 3. The topological polar surface area (TPSA) is 78.9 Å². The summed E-state index contributed by atoms with van der Waals surface area (Å²) in [4.78, 5) is 35.5. The smallest absolute Gasteiger partial charge is 0.303 e. The second kappa shape index (κ2) is 10.7. The van der Waals surface area contributed by atoms with Gasteiger partial charge in [0, 0.05) is 38.5 Å². The lowest BCUT2D eigenvalue weighted by atomic mass is 9.60. The molecule has 0 aromatic carbocycles. The van der Waals surface area contributed by atoms with Crippen LogP contribution in [0.5, 0.6) is 0 Å². The Morgan fingerprint density at radius 2 is 1.62 bits per heavy atom. The molecule has 0 N–H and O–H groups in total. The largest absolute Gasteiger partial charge is 0.462 e. The quantitative estimate of drug-likeness (QED) is 0.325. The van der Waals surface area contributed by atoms with Crippen molar-refractivity contribution < 1.29 is 28.6 Å². The summed E-state index contributed by atoms with van der Waals surface area (Å²) < 4.78 is 17.3. The minimum absolute atomic E-state index is 0.0802. The molecule has 1 saturated carbocycles. The van der Waals surface area contributed by atoms with E-state index < -0.39 is 5.60 Å². The van der Waals surface area contributed by atoms with Crippen LogP contribution in [0.2, 0.25) is 0 Å². The lowest BCUT2D eigenvalue weighted by Gasteiger charge is -2.52. The zero-order valence-electron chi connectivity index (χ0n) is 20.8. The van der Waals surface area contributed by atoms with E-state index in [4.69, 9.17) is 14.2 Å².